The van der Waals surface area contributed by atoms with Gasteiger partial charge in [0.05, 0.1) is 11.2 Å². The van der Waals surface area contributed by atoms with Gasteiger partial charge in [-0.05, 0) is 24.8 Å². The summed E-state index contributed by atoms with van der Waals surface area (Å²) in [5, 5.41) is 8.98. The Morgan fingerprint density at radius 1 is 1.41 bits per heavy atom. The number of aromatic nitrogens is 2. The maximum absolute atomic E-state index is 5.90. The summed E-state index contributed by atoms with van der Waals surface area (Å²) in [4.78, 5) is 4.40. The summed E-state index contributed by atoms with van der Waals surface area (Å²) in [6, 6.07) is 8.30. The van der Waals surface area contributed by atoms with Gasteiger partial charge in [-0.25, -0.2) is 0 Å². The zero-order valence-corrected chi connectivity index (χ0v) is 15.3. The Morgan fingerprint density at radius 2 is 2.18 bits per heavy atom. The van der Waals surface area contributed by atoms with Gasteiger partial charge in [0.15, 0.2) is 5.96 Å². The number of para-hydroxylation sites is 1. The van der Waals surface area contributed by atoms with E-state index in [1.807, 2.05) is 17.8 Å². The van der Waals surface area contributed by atoms with Crippen LogP contribution in [0.15, 0.2) is 29.3 Å². The van der Waals surface area contributed by atoms with Crippen LogP contribution in [0.2, 0.25) is 0 Å². The lowest BCUT2D eigenvalue weighted by molar-refractivity contribution is 0.326. The van der Waals surface area contributed by atoms with Crippen LogP contribution in [-0.2, 0) is 13.5 Å². The molecule has 0 bridgehead atoms. The van der Waals surface area contributed by atoms with E-state index in [0.717, 1.165) is 31.1 Å². The van der Waals surface area contributed by atoms with Crippen molar-refractivity contribution >= 4 is 40.8 Å². The Morgan fingerprint density at radius 3 is 2.91 bits per heavy atom. The number of fused-ring (bicyclic) bond motifs is 1. The summed E-state index contributed by atoms with van der Waals surface area (Å²) in [5.74, 6) is 1.31. The normalized spacial score (nSPS) is 15.4. The first-order valence-corrected chi connectivity index (χ1v) is 7.68. The third-order valence-corrected chi connectivity index (χ3v) is 4.25. The Bertz CT molecular complexity index is 645. The number of nitrogens with zero attached hydrogens (tertiary/aromatic N) is 3. The molecule has 1 aliphatic rings. The fourth-order valence-corrected chi connectivity index (χ4v) is 2.74. The van der Waals surface area contributed by atoms with Crippen LogP contribution in [-0.4, -0.2) is 28.8 Å². The first kappa shape index (κ1) is 17.1. The van der Waals surface area contributed by atoms with Crippen LogP contribution in [0.25, 0.3) is 10.9 Å². The van der Waals surface area contributed by atoms with E-state index in [0.29, 0.717) is 5.96 Å². The number of hydrogen-bond acceptors (Lipinski definition) is 2. The second-order valence-electron chi connectivity index (χ2n) is 5.79. The summed E-state index contributed by atoms with van der Waals surface area (Å²) in [5.41, 5.74) is 8.17. The first-order chi connectivity index (χ1) is 10.2. The maximum Gasteiger partial charge on any atom is 0.188 e. The molecular formula is C16H24IN5. The second-order valence-corrected chi connectivity index (χ2v) is 5.79. The van der Waals surface area contributed by atoms with Gasteiger partial charge in [-0.3, -0.25) is 9.67 Å². The van der Waals surface area contributed by atoms with Gasteiger partial charge in [-0.1, -0.05) is 24.6 Å². The predicted molar refractivity (Wildman–Crippen MR) is 102 cm³/mol. The number of guanidine groups is 1. The average Bonchev–Trinajstić information content (AvgIpc) is 2.75. The molecule has 1 heterocycles. The van der Waals surface area contributed by atoms with Crippen LogP contribution >= 0.6 is 24.0 Å². The number of aliphatic imine (C=N–C) groups is 1. The smallest absolute Gasteiger partial charge is 0.188 e. The Balaban J connectivity index is 0.00000176. The standard InChI is InChI=1S/C16H23N5.HI/c1-21-15-8-3-2-7-13(15)14(20-21)9-10-18-16(17)19-11-12-5-4-6-12;/h2-3,7-8,12H,4-6,9-11H2,1H3,(H3,17,18,19);1H. The van der Waals surface area contributed by atoms with Crippen molar-refractivity contribution < 1.29 is 0 Å². The highest BCUT2D eigenvalue weighted by atomic mass is 127. The molecule has 1 aromatic carbocycles. The van der Waals surface area contributed by atoms with Crippen molar-refractivity contribution in [3.63, 3.8) is 0 Å². The molecule has 1 saturated carbocycles. The van der Waals surface area contributed by atoms with E-state index in [9.17, 15) is 0 Å². The van der Waals surface area contributed by atoms with Crippen LogP contribution in [0.1, 0.15) is 25.0 Å². The minimum Gasteiger partial charge on any atom is -0.370 e. The van der Waals surface area contributed by atoms with E-state index in [2.05, 4.69) is 33.6 Å². The van der Waals surface area contributed by atoms with Crippen LogP contribution in [0.4, 0.5) is 0 Å². The van der Waals surface area contributed by atoms with Crippen LogP contribution in [0.3, 0.4) is 0 Å². The summed E-state index contributed by atoms with van der Waals surface area (Å²) in [6.45, 7) is 1.63. The van der Waals surface area contributed by atoms with Gasteiger partial charge in [0.2, 0.25) is 0 Å². The van der Waals surface area contributed by atoms with Crippen molar-refractivity contribution in [2.45, 2.75) is 25.7 Å². The fraction of sp³-hybridized carbons (Fsp3) is 0.500. The lowest BCUT2D eigenvalue weighted by Gasteiger charge is -2.23. The molecule has 0 unspecified atom stereocenters. The summed E-state index contributed by atoms with van der Waals surface area (Å²) >= 11 is 0. The van der Waals surface area contributed by atoms with E-state index in [-0.39, 0.29) is 24.0 Å². The van der Waals surface area contributed by atoms with Crippen molar-refractivity contribution in [3.05, 3.63) is 30.0 Å². The third kappa shape index (κ3) is 3.91. The summed E-state index contributed by atoms with van der Waals surface area (Å²) in [6.07, 6.45) is 4.80. The summed E-state index contributed by atoms with van der Waals surface area (Å²) in [7, 11) is 1.98. The molecule has 2 aromatic rings. The number of nitrogens with two attached hydrogens (primary N) is 1. The molecule has 0 radical (unpaired) electrons. The average molecular weight is 413 g/mol. The van der Waals surface area contributed by atoms with Crippen LogP contribution < -0.4 is 11.1 Å². The lowest BCUT2D eigenvalue weighted by Crippen LogP contribution is -2.34. The lowest BCUT2D eigenvalue weighted by atomic mass is 9.86. The predicted octanol–water partition coefficient (Wildman–Crippen LogP) is 2.44. The zero-order chi connectivity index (χ0) is 14.7. The maximum atomic E-state index is 5.90. The Kier molecular flexibility index (Phi) is 6.05. The number of halogens is 1. The van der Waals surface area contributed by atoms with E-state index >= 15 is 0 Å². The van der Waals surface area contributed by atoms with Crippen LogP contribution in [0, 0.1) is 5.92 Å². The SMILES string of the molecule is Cn1nc(CCNC(N)=NCC2CCC2)c2ccccc21.I. The van der Waals surface area contributed by atoms with Gasteiger partial charge < -0.3 is 11.1 Å². The molecule has 1 aromatic heterocycles. The summed E-state index contributed by atoms with van der Waals surface area (Å²) < 4.78 is 1.93. The van der Waals surface area contributed by atoms with Crippen molar-refractivity contribution in [2.75, 3.05) is 13.1 Å². The van der Waals surface area contributed by atoms with Gasteiger partial charge in [-0.15, -0.1) is 24.0 Å². The van der Waals surface area contributed by atoms with Gasteiger partial charge in [0.1, 0.15) is 0 Å². The van der Waals surface area contributed by atoms with Crippen molar-refractivity contribution in [2.24, 2.45) is 23.7 Å². The zero-order valence-electron chi connectivity index (χ0n) is 13.0. The van der Waals surface area contributed by atoms with Gasteiger partial charge in [0.25, 0.3) is 0 Å². The van der Waals surface area contributed by atoms with E-state index in [1.165, 1.54) is 30.2 Å². The molecule has 0 amide bonds. The highest BCUT2D eigenvalue weighted by Gasteiger charge is 2.16. The molecule has 0 spiro atoms. The molecule has 1 aliphatic carbocycles. The molecule has 3 N–H and O–H groups in total. The molecule has 3 rings (SSSR count). The Hall–Kier alpha value is -1.31. The highest BCUT2D eigenvalue weighted by Crippen LogP contribution is 2.26. The van der Waals surface area contributed by atoms with Gasteiger partial charge in [-0.2, -0.15) is 5.10 Å². The minimum atomic E-state index is 0. The van der Waals surface area contributed by atoms with E-state index in [4.69, 9.17) is 5.73 Å². The molecule has 0 atom stereocenters. The number of benzene rings is 1. The van der Waals surface area contributed by atoms with Crippen LogP contribution in [0.5, 0.6) is 0 Å². The van der Waals surface area contributed by atoms with E-state index in [1.54, 1.807) is 0 Å². The molecular weight excluding hydrogens is 389 g/mol. The van der Waals surface area contributed by atoms with E-state index < -0.39 is 0 Å². The second kappa shape index (κ2) is 7.80. The number of aryl methyl sites for hydroxylation is 1. The van der Waals surface area contributed by atoms with Gasteiger partial charge in [0, 0.05) is 31.9 Å². The fourth-order valence-electron chi connectivity index (χ4n) is 2.74. The topological polar surface area (TPSA) is 68.2 Å². The molecule has 0 aliphatic heterocycles. The Labute approximate surface area is 148 Å². The number of nitrogens with one attached hydrogen (secondary N) is 1. The first-order valence-electron chi connectivity index (χ1n) is 7.68. The molecule has 5 nitrogen and oxygen atoms in total. The number of hydrogen-bond donors (Lipinski definition) is 2. The third-order valence-electron chi connectivity index (χ3n) is 4.25. The molecule has 1 fully saturated rings. The molecule has 6 heteroatoms. The monoisotopic (exact) mass is 413 g/mol. The van der Waals surface area contributed by atoms with Gasteiger partial charge >= 0.3 is 0 Å². The minimum absolute atomic E-state index is 0. The highest BCUT2D eigenvalue weighted by molar-refractivity contribution is 14.0. The van der Waals surface area contributed by atoms with Crippen molar-refractivity contribution in [1.82, 2.24) is 15.1 Å². The largest absolute Gasteiger partial charge is 0.370 e. The quantitative estimate of drug-likeness (QED) is 0.450. The molecule has 0 saturated heterocycles. The van der Waals surface area contributed by atoms with Crippen molar-refractivity contribution in [1.29, 1.82) is 0 Å². The number of rotatable bonds is 5. The molecule has 22 heavy (non-hydrogen) atoms. The van der Waals surface area contributed by atoms with Crippen molar-refractivity contribution in [3.8, 4) is 0 Å². The molecule has 120 valence electrons.